The number of methoxy groups -OCH3 is 1. The molecule has 28 heavy (non-hydrogen) atoms. The fourth-order valence-electron chi connectivity index (χ4n) is 2.86. The van der Waals surface area contributed by atoms with Gasteiger partial charge in [0, 0.05) is 21.7 Å². The number of hydrogen-bond donors (Lipinski definition) is 2. The number of phenols is 1. The van der Waals surface area contributed by atoms with E-state index in [4.69, 9.17) is 4.74 Å². The van der Waals surface area contributed by atoms with Crippen molar-refractivity contribution in [2.24, 2.45) is 0 Å². The lowest BCUT2D eigenvalue weighted by atomic mass is 9.79. The van der Waals surface area contributed by atoms with E-state index in [1.807, 2.05) is 36.4 Å². The van der Waals surface area contributed by atoms with Gasteiger partial charge >= 0.3 is 0 Å². The lowest BCUT2D eigenvalue weighted by Gasteiger charge is -2.28. The van der Waals surface area contributed by atoms with E-state index in [9.17, 15) is 9.90 Å². The van der Waals surface area contributed by atoms with Crippen LogP contribution in [0.25, 0.3) is 0 Å². The van der Waals surface area contributed by atoms with E-state index in [0.717, 1.165) is 27.5 Å². The number of hydrogen-bond acceptors (Lipinski definition) is 4. The number of phenolic OH excluding ortho intramolecular Hbond substituents is 1. The van der Waals surface area contributed by atoms with Gasteiger partial charge in [-0.1, -0.05) is 41.5 Å². The van der Waals surface area contributed by atoms with Crippen molar-refractivity contribution in [1.29, 1.82) is 0 Å². The van der Waals surface area contributed by atoms with Crippen molar-refractivity contribution in [2.75, 3.05) is 18.2 Å². The maximum Gasteiger partial charge on any atom is 0.234 e. The molecule has 2 aromatic carbocycles. The monoisotopic (exact) mass is 401 g/mol. The molecule has 0 saturated heterocycles. The summed E-state index contributed by atoms with van der Waals surface area (Å²) in [6.07, 6.45) is 0. The van der Waals surface area contributed by atoms with Gasteiger partial charge in [0.05, 0.1) is 12.9 Å². The van der Waals surface area contributed by atoms with Crippen LogP contribution in [0.5, 0.6) is 11.5 Å². The highest BCUT2D eigenvalue weighted by atomic mass is 32.2. The molecule has 0 spiro atoms. The van der Waals surface area contributed by atoms with E-state index >= 15 is 0 Å². The van der Waals surface area contributed by atoms with Gasteiger partial charge in [0.1, 0.15) is 11.5 Å². The summed E-state index contributed by atoms with van der Waals surface area (Å²) in [5, 5.41) is 13.7. The SMILES string of the molecule is COc1ccc(NC(=O)CSc2cc(C(C)(C)C)c(O)c(C(C)(C)C)c2)cc1. The highest BCUT2D eigenvalue weighted by Crippen LogP contribution is 2.41. The number of anilines is 1. The van der Waals surface area contributed by atoms with Gasteiger partial charge in [-0.2, -0.15) is 0 Å². The molecule has 4 nitrogen and oxygen atoms in total. The number of nitrogens with one attached hydrogen (secondary N) is 1. The van der Waals surface area contributed by atoms with Crippen molar-refractivity contribution in [3.63, 3.8) is 0 Å². The minimum Gasteiger partial charge on any atom is -0.507 e. The van der Waals surface area contributed by atoms with Crippen LogP contribution in [-0.4, -0.2) is 23.9 Å². The molecule has 2 rings (SSSR count). The number of ether oxygens (including phenoxy) is 1. The molecule has 0 aromatic heterocycles. The Kier molecular flexibility index (Phi) is 6.71. The first-order valence-corrected chi connectivity index (χ1v) is 10.3. The third-order valence-electron chi connectivity index (χ3n) is 4.44. The zero-order valence-electron chi connectivity index (χ0n) is 17.8. The maximum absolute atomic E-state index is 12.4. The molecule has 0 fully saturated rings. The molecule has 0 bridgehead atoms. The molecule has 2 aromatic rings. The molecule has 0 unspecified atom stereocenters. The molecule has 2 N–H and O–H groups in total. The van der Waals surface area contributed by atoms with Gasteiger partial charge in [0.2, 0.25) is 5.91 Å². The fourth-order valence-corrected chi connectivity index (χ4v) is 3.63. The summed E-state index contributed by atoms with van der Waals surface area (Å²) in [4.78, 5) is 13.3. The minimum absolute atomic E-state index is 0.0714. The van der Waals surface area contributed by atoms with Crippen molar-refractivity contribution in [3.8, 4) is 11.5 Å². The van der Waals surface area contributed by atoms with Gasteiger partial charge in [0.15, 0.2) is 0 Å². The molecule has 0 aliphatic heterocycles. The van der Waals surface area contributed by atoms with Gasteiger partial charge in [-0.25, -0.2) is 0 Å². The van der Waals surface area contributed by atoms with Gasteiger partial charge in [0.25, 0.3) is 0 Å². The number of benzene rings is 2. The van der Waals surface area contributed by atoms with E-state index in [2.05, 4.69) is 46.9 Å². The number of thioether (sulfide) groups is 1. The predicted octanol–water partition coefficient (Wildman–Crippen LogP) is 5.73. The summed E-state index contributed by atoms with van der Waals surface area (Å²) in [5.41, 5.74) is 2.16. The smallest absolute Gasteiger partial charge is 0.234 e. The molecule has 5 heteroatoms. The number of carbonyl (C=O) groups excluding carboxylic acids is 1. The van der Waals surface area contributed by atoms with Crippen LogP contribution in [-0.2, 0) is 15.6 Å². The molecule has 0 heterocycles. The second kappa shape index (κ2) is 8.48. The van der Waals surface area contributed by atoms with E-state index in [0.29, 0.717) is 11.5 Å². The second-order valence-electron chi connectivity index (χ2n) is 8.93. The molecular weight excluding hydrogens is 370 g/mol. The first-order chi connectivity index (χ1) is 12.9. The average Bonchev–Trinajstić information content (AvgIpc) is 2.59. The minimum atomic E-state index is -0.188. The Morgan fingerprint density at radius 2 is 1.50 bits per heavy atom. The van der Waals surface area contributed by atoms with E-state index in [1.165, 1.54) is 11.8 Å². The van der Waals surface area contributed by atoms with Crippen LogP contribution in [0.3, 0.4) is 0 Å². The van der Waals surface area contributed by atoms with Crippen LogP contribution in [0.15, 0.2) is 41.3 Å². The van der Waals surface area contributed by atoms with Crippen LogP contribution in [0, 0.1) is 0 Å². The largest absolute Gasteiger partial charge is 0.507 e. The number of carbonyl (C=O) groups is 1. The molecular formula is C23H31NO3S. The summed E-state index contributed by atoms with van der Waals surface area (Å²) in [6.45, 7) is 12.5. The Hall–Kier alpha value is -2.14. The molecule has 0 atom stereocenters. The number of rotatable bonds is 5. The van der Waals surface area contributed by atoms with Crippen LogP contribution in [0.2, 0.25) is 0 Å². The standard InChI is InChI=1S/C23H31NO3S/c1-22(2,3)18-12-17(13-19(21(18)26)23(4,5)6)28-14-20(25)24-15-8-10-16(27-7)11-9-15/h8-13,26H,14H2,1-7H3,(H,24,25). The van der Waals surface area contributed by atoms with E-state index < -0.39 is 0 Å². The molecule has 0 radical (unpaired) electrons. The third kappa shape index (κ3) is 5.68. The van der Waals surface area contributed by atoms with Gasteiger partial charge in [-0.15, -0.1) is 11.8 Å². The normalized spacial score (nSPS) is 12.0. The second-order valence-corrected chi connectivity index (χ2v) is 9.98. The van der Waals surface area contributed by atoms with Crippen molar-refractivity contribution in [1.82, 2.24) is 0 Å². The Bertz CT molecular complexity index is 795. The van der Waals surface area contributed by atoms with Gasteiger partial charge < -0.3 is 15.2 Å². The van der Waals surface area contributed by atoms with Gasteiger partial charge in [-0.3, -0.25) is 4.79 Å². The number of amides is 1. The maximum atomic E-state index is 12.4. The van der Waals surface area contributed by atoms with Crippen LogP contribution in [0.1, 0.15) is 52.7 Å². The molecule has 152 valence electrons. The predicted molar refractivity (Wildman–Crippen MR) is 118 cm³/mol. The van der Waals surface area contributed by atoms with Crippen LogP contribution < -0.4 is 10.1 Å². The average molecular weight is 402 g/mol. The Morgan fingerprint density at radius 3 is 1.93 bits per heavy atom. The molecule has 1 amide bonds. The van der Waals surface area contributed by atoms with E-state index in [-0.39, 0.29) is 16.7 Å². The van der Waals surface area contributed by atoms with Crippen molar-refractivity contribution in [3.05, 3.63) is 47.5 Å². The summed E-state index contributed by atoms with van der Waals surface area (Å²) in [6, 6.07) is 11.3. The Balaban J connectivity index is 2.17. The van der Waals surface area contributed by atoms with E-state index in [1.54, 1.807) is 7.11 Å². The Labute approximate surface area is 172 Å². The first-order valence-electron chi connectivity index (χ1n) is 9.36. The highest BCUT2D eigenvalue weighted by molar-refractivity contribution is 8.00. The zero-order valence-corrected chi connectivity index (χ0v) is 18.7. The van der Waals surface area contributed by atoms with Crippen LogP contribution >= 0.6 is 11.8 Å². The zero-order chi connectivity index (χ0) is 21.1. The van der Waals surface area contributed by atoms with Crippen molar-refractivity contribution in [2.45, 2.75) is 57.3 Å². The van der Waals surface area contributed by atoms with Crippen LogP contribution in [0.4, 0.5) is 5.69 Å². The lowest BCUT2D eigenvalue weighted by Crippen LogP contribution is -2.18. The van der Waals surface area contributed by atoms with Crippen molar-refractivity contribution >= 4 is 23.4 Å². The first kappa shape index (κ1) is 22.2. The molecule has 0 saturated carbocycles. The summed E-state index contributed by atoms with van der Waals surface area (Å²) in [7, 11) is 1.61. The fraction of sp³-hybridized carbons (Fsp3) is 0.435. The summed E-state index contributed by atoms with van der Waals surface area (Å²) < 4.78 is 5.13. The summed E-state index contributed by atoms with van der Waals surface area (Å²) in [5.74, 6) is 1.33. The Morgan fingerprint density at radius 1 is 1.00 bits per heavy atom. The highest BCUT2D eigenvalue weighted by Gasteiger charge is 2.26. The molecule has 0 aliphatic rings. The lowest BCUT2D eigenvalue weighted by molar-refractivity contribution is -0.113. The van der Waals surface area contributed by atoms with Crippen molar-refractivity contribution < 1.29 is 14.6 Å². The topological polar surface area (TPSA) is 58.6 Å². The molecule has 0 aliphatic carbocycles. The third-order valence-corrected chi connectivity index (χ3v) is 5.42. The van der Waals surface area contributed by atoms with Gasteiger partial charge in [-0.05, 0) is 47.2 Å². The summed E-state index contributed by atoms with van der Waals surface area (Å²) >= 11 is 1.48. The number of aromatic hydroxyl groups is 1. The quantitative estimate of drug-likeness (QED) is 0.629.